The van der Waals surface area contributed by atoms with Crippen molar-refractivity contribution in [2.75, 3.05) is 39.6 Å². The van der Waals surface area contributed by atoms with Crippen LogP contribution in [-0.2, 0) is 6.54 Å². The molecule has 7 nitrogen and oxygen atoms in total. The molecule has 2 rings (SSSR count). The second kappa shape index (κ2) is 9.58. The lowest BCUT2D eigenvalue weighted by molar-refractivity contribution is 0.0951. The van der Waals surface area contributed by atoms with Crippen molar-refractivity contribution in [2.24, 2.45) is 0 Å². The third kappa shape index (κ3) is 6.39. The summed E-state index contributed by atoms with van der Waals surface area (Å²) in [4.78, 5) is 22.5. The van der Waals surface area contributed by atoms with Crippen LogP contribution >= 0.6 is 0 Å². The molecule has 0 aliphatic carbocycles. The molecule has 0 radical (unpaired) electrons. The van der Waals surface area contributed by atoms with E-state index >= 15 is 0 Å². The second-order valence-electron chi connectivity index (χ2n) is 5.91. The van der Waals surface area contributed by atoms with Crippen LogP contribution in [0.5, 0.6) is 5.75 Å². The predicted octanol–water partition coefficient (Wildman–Crippen LogP) is 1.78. The fourth-order valence-corrected chi connectivity index (χ4v) is 2.16. The van der Waals surface area contributed by atoms with Crippen LogP contribution < -0.4 is 15.4 Å². The van der Waals surface area contributed by atoms with E-state index in [-0.39, 0.29) is 5.91 Å². The fraction of sp³-hybridized carbons (Fsp3) is 0.389. The van der Waals surface area contributed by atoms with Gasteiger partial charge in [0, 0.05) is 25.5 Å². The zero-order valence-electron chi connectivity index (χ0n) is 15.0. The van der Waals surface area contributed by atoms with Crippen LogP contribution in [-0.4, -0.2) is 55.1 Å². The van der Waals surface area contributed by atoms with Gasteiger partial charge >= 0.3 is 0 Å². The Kier molecular flexibility index (Phi) is 7.16. The van der Waals surface area contributed by atoms with Gasteiger partial charge in [0.25, 0.3) is 5.91 Å². The predicted molar refractivity (Wildman–Crippen MR) is 97.9 cm³/mol. The third-order valence-corrected chi connectivity index (χ3v) is 3.59. The minimum Gasteiger partial charge on any atom is -0.497 e. The van der Waals surface area contributed by atoms with E-state index in [0.29, 0.717) is 24.6 Å². The minimum atomic E-state index is -0.152. The van der Waals surface area contributed by atoms with Crippen molar-refractivity contribution < 1.29 is 9.53 Å². The lowest BCUT2D eigenvalue weighted by Gasteiger charge is -2.10. The average Bonchev–Trinajstić information content (AvgIpc) is 2.64. The van der Waals surface area contributed by atoms with Gasteiger partial charge in [-0.3, -0.25) is 4.79 Å². The fourth-order valence-electron chi connectivity index (χ4n) is 2.16. The van der Waals surface area contributed by atoms with E-state index < -0.39 is 0 Å². The number of aromatic nitrogens is 2. The summed E-state index contributed by atoms with van der Waals surface area (Å²) in [6, 6.07) is 7.76. The number of carbonyl (C=O) groups is 1. The van der Waals surface area contributed by atoms with E-state index in [2.05, 4.69) is 25.5 Å². The number of carbonyl (C=O) groups excluding carboxylic acids is 1. The molecule has 0 unspecified atom stereocenters. The van der Waals surface area contributed by atoms with E-state index in [4.69, 9.17) is 4.74 Å². The van der Waals surface area contributed by atoms with Gasteiger partial charge in [-0.05, 0) is 44.8 Å². The van der Waals surface area contributed by atoms with E-state index in [0.717, 1.165) is 24.3 Å². The van der Waals surface area contributed by atoms with Gasteiger partial charge in [0.15, 0.2) is 0 Å². The van der Waals surface area contributed by atoms with Gasteiger partial charge < -0.3 is 20.3 Å². The SMILES string of the molecule is COc1ccc(CNc2ncc(C(=O)NCCCN(C)C)cn2)cc1. The van der Waals surface area contributed by atoms with Crippen molar-refractivity contribution in [1.82, 2.24) is 20.2 Å². The zero-order chi connectivity index (χ0) is 18.1. The van der Waals surface area contributed by atoms with Crippen molar-refractivity contribution in [3.8, 4) is 5.75 Å². The van der Waals surface area contributed by atoms with Crippen molar-refractivity contribution >= 4 is 11.9 Å². The van der Waals surface area contributed by atoms with E-state index in [1.54, 1.807) is 7.11 Å². The minimum absolute atomic E-state index is 0.152. The number of hydrogen-bond donors (Lipinski definition) is 2. The summed E-state index contributed by atoms with van der Waals surface area (Å²) in [6.45, 7) is 2.17. The highest BCUT2D eigenvalue weighted by Crippen LogP contribution is 2.12. The molecule has 2 aromatic rings. The molecule has 0 aliphatic rings. The first-order valence-corrected chi connectivity index (χ1v) is 8.20. The van der Waals surface area contributed by atoms with E-state index in [9.17, 15) is 4.79 Å². The number of rotatable bonds is 9. The molecule has 1 aromatic heterocycles. The van der Waals surface area contributed by atoms with E-state index in [1.165, 1.54) is 12.4 Å². The number of ether oxygens (including phenoxy) is 1. The van der Waals surface area contributed by atoms with Crippen LogP contribution in [0.4, 0.5) is 5.95 Å². The van der Waals surface area contributed by atoms with Gasteiger partial charge in [-0.15, -0.1) is 0 Å². The number of amides is 1. The molecule has 0 spiro atoms. The first-order valence-electron chi connectivity index (χ1n) is 8.20. The molecule has 134 valence electrons. The Morgan fingerprint density at radius 1 is 1.16 bits per heavy atom. The largest absolute Gasteiger partial charge is 0.497 e. The number of methoxy groups -OCH3 is 1. The highest BCUT2D eigenvalue weighted by Gasteiger charge is 2.06. The molecular formula is C18H25N5O2. The molecule has 0 atom stereocenters. The van der Waals surface area contributed by atoms with Gasteiger partial charge in [0.05, 0.1) is 12.7 Å². The Morgan fingerprint density at radius 3 is 2.44 bits per heavy atom. The smallest absolute Gasteiger partial charge is 0.254 e. The molecule has 0 saturated heterocycles. The lowest BCUT2D eigenvalue weighted by atomic mass is 10.2. The third-order valence-electron chi connectivity index (χ3n) is 3.59. The molecule has 0 saturated carbocycles. The first-order chi connectivity index (χ1) is 12.1. The summed E-state index contributed by atoms with van der Waals surface area (Å²) in [5.74, 6) is 1.15. The molecule has 0 fully saturated rings. The summed E-state index contributed by atoms with van der Waals surface area (Å²) >= 11 is 0. The Labute approximate surface area is 148 Å². The number of anilines is 1. The van der Waals surface area contributed by atoms with Crippen LogP contribution in [0.15, 0.2) is 36.7 Å². The zero-order valence-corrected chi connectivity index (χ0v) is 15.0. The van der Waals surface area contributed by atoms with Gasteiger partial charge in [0.2, 0.25) is 5.95 Å². The number of benzene rings is 1. The van der Waals surface area contributed by atoms with Crippen molar-refractivity contribution in [3.05, 3.63) is 47.8 Å². The van der Waals surface area contributed by atoms with Crippen LogP contribution in [0.25, 0.3) is 0 Å². The van der Waals surface area contributed by atoms with Gasteiger partial charge in [-0.2, -0.15) is 0 Å². The van der Waals surface area contributed by atoms with Crippen LogP contribution in [0.3, 0.4) is 0 Å². The molecular weight excluding hydrogens is 318 g/mol. The van der Waals surface area contributed by atoms with Crippen molar-refractivity contribution in [3.63, 3.8) is 0 Å². The lowest BCUT2D eigenvalue weighted by Crippen LogP contribution is -2.27. The van der Waals surface area contributed by atoms with Gasteiger partial charge in [-0.1, -0.05) is 12.1 Å². The normalized spacial score (nSPS) is 10.6. The highest BCUT2D eigenvalue weighted by molar-refractivity contribution is 5.93. The molecule has 7 heteroatoms. The molecule has 1 amide bonds. The maximum atomic E-state index is 12.0. The van der Waals surface area contributed by atoms with Crippen LogP contribution in [0.1, 0.15) is 22.3 Å². The quantitative estimate of drug-likeness (QED) is 0.676. The molecule has 1 aromatic carbocycles. The molecule has 25 heavy (non-hydrogen) atoms. The standard InChI is InChI=1S/C18H25N5O2/c1-23(2)10-4-9-19-17(24)15-12-21-18(22-13-15)20-11-14-5-7-16(25-3)8-6-14/h5-8,12-13H,4,9-11H2,1-3H3,(H,19,24)(H,20,21,22). The van der Waals surface area contributed by atoms with Gasteiger partial charge in [0.1, 0.15) is 5.75 Å². The Balaban J connectivity index is 1.79. The Hall–Kier alpha value is -2.67. The molecule has 1 heterocycles. The molecule has 2 N–H and O–H groups in total. The number of hydrogen-bond acceptors (Lipinski definition) is 6. The summed E-state index contributed by atoms with van der Waals surface area (Å²) in [7, 11) is 5.65. The molecule has 0 aliphatic heterocycles. The maximum Gasteiger partial charge on any atom is 0.254 e. The Bertz CT molecular complexity index is 656. The van der Waals surface area contributed by atoms with Crippen LogP contribution in [0.2, 0.25) is 0 Å². The highest BCUT2D eigenvalue weighted by atomic mass is 16.5. The summed E-state index contributed by atoms with van der Waals surface area (Å²) in [5, 5.41) is 5.99. The average molecular weight is 343 g/mol. The Morgan fingerprint density at radius 2 is 1.84 bits per heavy atom. The summed E-state index contributed by atoms with van der Waals surface area (Å²) in [5.41, 5.74) is 1.55. The van der Waals surface area contributed by atoms with Gasteiger partial charge in [-0.25, -0.2) is 9.97 Å². The summed E-state index contributed by atoms with van der Waals surface area (Å²) in [6.07, 6.45) is 3.97. The van der Waals surface area contributed by atoms with Crippen molar-refractivity contribution in [1.29, 1.82) is 0 Å². The monoisotopic (exact) mass is 343 g/mol. The van der Waals surface area contributed by atoms with Crippen molar-refractivity contribution in [2.45, 2.75) is 13.0 Å². The second-order valence-corrected chi connectivity index (χ2v) is 5.91. The summed E-state index contributed by atoms with van der Waals surface area (Å²) < 4.78 is 5.13. The number of nitrogens with zero attached hydrogens (tertiary/aromatic N) is 3. The van der Waals surface area contributed by atoms with Crippen LogP contribution in [0, 0.1) is 0 Å². The number of nitrogens with one attached hydrogen (secondary N) is 2. The molecule has 0 bridgehead atoms. The first kappa shape index (κ1) is 18.7. The maximum absolute atomic E-state index is 12.0. The van der Waals surface area contributed by atoms with E-state index in [1.807, 2.05) is 38.4 Å². The topological polar surface area (TPSA) is 79.4 Å².